The molecule has 5 nitrogen and oxygen atoms in total. The molecule has 0 aliphatic heterocycles. The lowest BCUT2D eigenvalue weighted by atomic mass is 9.94. The van der Waals surface area contributed by atoms with E-state index in [4.69, 9.17) is 5.26 Å². The number of amides is 2. The zero-order chi connectivity index (χ0) is 33.5. The summed E-state index contributed by atoms with van der Waals surface area (Å²) >= 11 is 3.43. The highest BCUT2D eigenvalue weighted by atomic mass is 79.9. The average Bonchev–Trinajstić information content (AvgIpc) is 3.79. The molecule has 0 aromatic heterocycles. The smallest absolute Gasteiger partial charge is 0.320 e. The van der Waals surface area contributed by atoms with Gasteiger partial charge in [0.2, 0.25) is 0 Å². The molecule has 3 aromatic carbocycles. The second-order valence-corrected chi connectivity index (χ2v) is 11.7. The second-order valence-electron chi connectivity index (χ2n) is 9.98. The predicted molar refractivity (Wildman–Crippen MR) is 151 cm³/mol. The molecule has 0 bridgehead atoms. The van der Waals surface area contributed by atoms with E-state index in [1.807, 2.05) is 0 Å². The maximum Gasteiger partial charge on any atom is 0.435 e. The topological polar surface area (TPSA) is 73.2 Å². The van der Waals surface area contributed by atoms with Crippen LogP contribution in [0.4, 0.5) is 50.9 Å². The lowest BCUT2D eigenvalue weighted by Gasteiger charge is -2.31. The maximum atomic E-state index is 15.1. The number of alkyl halides is 7. The van der Waals surface area contributed by atoms with E-state index in [1.54, 1.807) is 6.07 Å². The quantitative estimate of drug-likeness (QED) is 0.186. The number of benzene rings is 3. The number of rotatable bonds is 8. The first-order chi connectivity index (χ1) is 20.9. The van der Waals surface area contributed by atoms with Gasteiger partial charge in [0.05, 0.1) is 28.6 Å². The summed E-state index contributed by atoms with van der Waals surface area (Å²) < 4.78 is 124. The van der Waals surface area contributed by atoms with Gasteiger partial charge in [0.15, 0.2) is 0 Å². The third kappa shape index (κ3) is 6.79. The number of halogens is 10. The van der Waals surface area contributed by atoms with E-state index in [2.05, 4.69) is 21.2 Å². The van der Waals surface area contributed by atoms with Crippen LogP contribution < -0.4 is 10.2 Å². The number of hydrogen-bond acceptors (Lipinski definition) is 4. The monoisotopic (exact) mass is 723 g/mol. The van der Waals surface area contributed by atoms with Crippen molar-refractivity contribution in [1.29, 1.82) is 5.26 Å². The molecule has 0 heterocycles. The molecule has 1 aliphatic rings. The van der Waals surface area contributed by atoms with Crippen molar-refractivity contribution in [3.63, 3.8) is 0 Å². The molecular weight excluding hydrogens is 705 g/mol. The Labute approximate surface area is 262 Å². The number of nitrogens with one attached hydrogen (secondary N) is 1. The van der Waals surface area contributed by atoms with Crippen molar-refractivity contribution in [2.24, 2.45) is 5.92 Å². The third-order valence-corrected chi connectivity index (χ3v) is 8.29. The molecule has 0 spiro atoms. The van der Waals surface area contributed by atoms with E-state index < -0.39 is 62.8 Å². The summed E-state index contributed by atoms with van der Waals surface area (Å²) in [4.78, 5) is 27.2. The molecule has 4 rings (SSSR count). The van der Waals surface area contributed by atoms with Gasteiger partial charge in [-0.05, 0) is 89.5 Å². The summed E-state index contributed by atoms with van der Waals surface area (Å²) in [5, 5.41) is 11.3. The fraction of sp³-hybridized carbons (Fsp3) is 0.276. The predicted octanol–water partition coefficient (Wildman–Crippen LogP) is 8.92. The third-order valence-electron chi connectivity index (χ3n) is 6.90. The fourth-order valence-corrected chi connectivity index (χ4v) is 5.65. The summed E-state index contributed by atoms with van der Waals surface area (Å²) in [5.74, 6) is -3.99. The molecule has 16 heteroatoms. The van der Waals surface area contributed by atoms with Gasteiger partial charge in [0.25, 0.3) is 11.8 Å². The van der Waals surface area contributed by atoms with Crippen LogP contribution in [0.3, 0.4) is 0 Å². The fourth-order valence-electron chi connectivity index (χ4n) is 4.35. The number of carbonyl (C=O) groups is 2. The van der Waals surface area contributed by atoms with Crippen LogP contribution in [-0.4, -0.2) is 37.0 Å². The molecule has 0 atom stereocenters. The second kappa shape index (κ2) is 12.6. The molecule has 0 unspecified atom stereocenters. The number of hydrogen-bond donors (Lipinski definition) is 1. The van der Waals surface area contributed by atoms with Gasteiger partial charge in [-0.25, -0.2) is 13.2 Å². The largest absolute Gasteiger partial charge is 0.435 e. The normalized spacial score (nSPS) is 13.7. The lowest BCUT2D eigenvalue weighted by molar-refractivity contribution is -0.348. The first-order valence-electron chi connectivity index (χ1n) is 12.8. The van der Waals surface area contributed by atoms with Crippen molar-refractivity contribution in [3.8, 4) is 6.07 Å². The van der Waals surface area contributed by atoms with Gasteiger partial charge in [-0.3, -0.25) is 9.59 Å². The van der Waals surface area contributed by atoms with Crippen LogP contribution in [0.15, 0.2) is 57.9 Å². The Bertz CT molecular complexity index is 1690. The summed E-state index contributed by atoms with van der Waals surface area (Å²) in [6, 6.07) is 8.24. The number of carbonyl (C=O) groups excluding carboxylic acids is 2. The first-order valence-corrected chi connectivity index (χ1v) is 14.8. The minimum atomic E-state index is -6.36. The van der Waals surface area contributed by atoms with Crippen LogP contribution in [0.25, 0.3) is 0 Å². The Balaban J connectivity index is 1.71. The molecule has 1 saturated carbocycles. The van der Waals surface area contributed by atoms with Gasteiger partial charge >= 0.3 is 18.0 Å². The van der Waals surface area contributed by atoms with Crippen LogP contribution in [0.1, 0.15) is 44.7 Å². The van der Waals surface area contributed by atoms with Crippen molar-refractivity contribution in [1.82, 2.24) is 0 Å². The number of nitrogens with zero attached hydrogens (tertiary/aromatic N) is 2. The van der Waals surface area contributed by atoms with Gasteiger partial charge in [-0.2, -0.15) is 31.6 Å². The maximum absolute atomic E-state index is 15.1. The molecule has 238 valence electrons. The van der Waals surface area contributed by atoms with Crippen LogP contribution in [0, 0.1) is 28.9 Å². The van der Waals surface area contributed by atoms with Crippen molar-refractivity contribution in [3.05, 3.63) is 86.9 Å². The van der Waals surface area contributed by atoms with Crippen molar-refractivity contribution >= 4 is 50.9 Å². The summed E-state index contributed by atoms with van der Waals surface area (Å²) in [6.45, 7) is -0.0344. The van der Waals surface area contributed by atoms with E-state index in [0.717, 1.165) is 35.2 Å². The highest BCUT2D eigenvalue weighted by Gasteiger charge is 2.73. The van der Waals surface area contributed by atoms with Gasteiger partial charge in [-0.1, -0.05) is 0 Å². The van der Waals surface area contributed by atoms with E-state index in [9.17, 15) is 44.7 Å². The van der Waals surface area contributed by atoms with E-state index in [1.165, 1.54) is 12.3 Å². The highest BCUT2D eigenvalue weighted by Crippen LogP contribution is 2.54. The van der Waals surface area contributed by atoms with Crippen LogP contribution in [0.2, 0.25) is 0 Å². The highest BCUT2D eigenvalue weighted by molar-refractivity contribution is 9.10. The lowest BCUT2D eigenvalue weighted by Crippen LogP contribution is -2.50. The minimum Gasteiger partial charge on any atom is -0.320 e. The molecule has 0 radical (unpaired) electrons. The molecule has 45 heavy (non-hydrogen) atoms. The molecular formula is C29H19BrF9N3O2S. The SMILES string of the molecule is CSc1cc(C(F)(C(F)(F)F)C(F)(F)F)cc(Br)c1NC(=O)c1ccc(F)c(N(CC2CC2)C(=O)c2ccc(C#N)cc2F)c1. The van der Waals surface area contributed by atoms with Gasteiger partial charge in [0.1, 0.15) is 11.6 Å². The van der Waals surface area contributed by atoms with Crippen molar-refractivity contribution < 1.29 is 49.1 Å². The van der Waals surface area contributed by atoms with Gasteiger partial charge in [-0.15, -0.1) is 11.8 Å². The summed E-state index contributed by atoms with van der Waals surface area (Å²) in [7, 11) is 0. The Morgan fingerprint density at radius 3 is 2.16 bits per heavy atom. The van der Waals surface area contributed by atoms with Crippen LogP contribution in [-0.2, 0) is 5.67 Å². The standard InChI is InChI=1S/C29H19BrF9N3O2S/c1-45-23-11-17(27(33,28(34,35)36)29(37,38)39)10-19(30)24(23)41-25(43)16-5-7-20(31)22(9-16)42(13-14-2-3-14)26(44)18-6-4-15(12-40)8-21(18)32/h4-11,14H,2-3,13H2,1H3,(H,41,43). The van der Waals surface area contributed by atoms with E-state index >= 15 is 4.39 Å². The summed E-state index contributed by atoms with van der Waals surface area (Å²) in [5.41, 5.74) is -8.99. The van der Waals surface area contributed by atoms with Gasteiger partial charge < -0.3 is 10.2 Å². The van der Waals surface area contributed by atoms with Crippen LogP contribution >= 0.6 is 27.7 Å². The number of anilines is 2. The molecule has 2 amide bonds. The zero-order valence-corrected chi connectivity index (χ0v) is 25.1. The Morgan fingerprint density at radius 2 is 1.62 bits per heavy atom. The number of nitriles is 1. The first kappa shape index (κ1) is 34.2. The molecule has 3 aromatic rings. The average molecular weight is 724 g/mol. The Hall–Kier alpha value is -3.71. The molecule has 1 aliphatic carbocycles. The summed E-state index contributed by atoms with van der Waals surface area (Å²) in [6.07, 6.45) is -10.1. The Morgan fingerprint density at radius 1 is 0.978 bits per heavy atom. The van der Waals surface area contributed by atoms with E-state index in [0.29, 0.717) is 30.7 Å². The van der Waals surface area contributed by atoms with Crippen molar-refractivity contribution in [2.75, 3.05) is 23.0 Å². The van der Waals surface area contributed by atoms with Crippen molar-refractivity contribution in [2.45, 2.75) is 35.8 Å². The van der Waals surface area contributed by atoms with Gasteiger partial charge in [0, 0.05) is 27.0 Å². The minimum absolute atomic E-state index is 0.0344. The molecule has 1 fully saturated rings. The molecule has 1 N–H and O–H groups in total. The van der Waals surface area contributed by atoms with E-state index in [-0.39, 0.29) is 40.2 Å². The zero-order valence-electron chi connectivity index (χ0n) is 22.7. The van der Waals surface area contributed by atoms with Crippen LogP contribution in [0.5, 0.6) is 0 Å². The molecule has 0 saturated heterocycles. The Kier molecular flexibility index (Phi) is 9.56. The number of thioether (sulfide) groups is 1.